The molecular formula is C12H15F4N. The number of hydrogen-bond acceptors (Lipinski definition) is 1. The standard InChI is InChI=1S/C12H15F4N/c1-7(2)5-11(17)9-4-3-8(6-10(9)13)12(14,15)16/h3-4,6-7,11H,5,17H2,1-2H3/t11-/m0/s1. The topological polar surface area (TPSA) is 26.0 Å². The lowest BCUT2D eigenvalue weighted by Crippen LogP contribution is -2.15. The van der Waals surface area contributed by atoms with Crippen molar-refractivity contribution in [3.05, 3.63) is 35.1 Å². The van der Waals surface area contributed by atoms with Crippen molar-refractivity contribution in [3.8, 4) is 0 Å². The van der Waals surface area contributed by atoms with Crippen LogP contribution in [0.25, 0.3) is 0 Å². The Labute approximate surface area is 97.6 Å². The van der Waals surface area contributed by atoms with Crippen LogP contribution in [0.15, 0.2) is 18.2 Å². The fourth-order valence-electron chi connectivity index (χ4n) is 1.64. The number of rotatable bonds is 3. The van der Waals surface area contributed by atoms with E-state index in [9.17, 15) is 17.6 Å². The highest BCUT2D eigenvalue weighted by Crippen LogP contribution is 2.31. The summed E-state index contributed by atoms with van der Waals surface area (Å²) < 4.78 is 50.4. The van der Waals surface area contributed by atoms with Crippen LogP contribution in [0, 0.1) is 11.7 Å². The Balaban J connectivity index is 2.98. The van der Waals surface area contributed by atoms with Crippen molar-refractivity contribution >= 4 is 0 Å². The Morgan fingerprint density at radius 3 is 2.24 bits per heavy atom. The van der Waals surface area contributed by atoms with Gasteiger partial charge in [-0.2, -0.15) is 13.2 Å². The second-order valence-electron chi connectivity index (χ2n) is 4.47. The molecule has 1 nitrogen and oxygen atoms in total. The van der Waals surface area contributed by atoms with E-state index in [1.807, 2.05) is 13.8 Å². The molecule has 1 rings (SSSR count). The van der Waals surface area contributed by atoms with Crippen molar-refractivity contribution in [1.29, 1.82) is 0 Å². The third kappa shape index (κ3) is 3.70. The maximum absolute atomic E-state index is 13.5. The van der Waals surface area contributed by atoms with Crippen LogP contribution in [0.3, 0.4) is 0 Å². The third-order valence-electron chi connectivity index (χ3n) is 2.45. The average Bonchev–Trinajstić information content (AvgIpc) is 2.14. The summed E-state index contributed by atoms with van der Waals surface area (Å²) in [7, 11) is 0. The lowest BCUT2D eigenvalue weighted by Gasteiger charge is -2.16. The van der Waals surface area contributed by atoms with Gasteiger partial charge in [0.15, 0.2) is 0 Å². The molecule has 0 saturated carbocycles. The van der Waals surface area contributed by atoms with Crippen LogP contribution in [0.5, 0.6) is 0 Å². The van der Waals surface area contributed by atoms with Gasteiger partial charge in [0.2, 0.25) is 0 Å². The first kappa shape index (κ1) is 14.0. The van der Waals surface area contributed by atoms with Gasteiger partial charge in [0, 0.05) is 11.6 Å². The van der Waals surface area contributed by atoms with E-state index in [-0.39, 0.29) is 11.5 Å². The Bertz CT molecular complexity index is 385. The van der Waals surface area contributed by atoms with Crippen molar-refractivity contribution < 1.29 is 17.6 Å². The predicted molar refractivity (Wildman–Crippen MR) is 57.8 cm³/mol. The van der Waals surface area contributed by atoms with Gasteiger partial charge in [-0.1, -0.05) is 19.9 Å². The van der Waals surface area contributed by atoms with E-state index in [4.69, 9.17) is 5.73 Å². The van der Waals surface area contributed by atoms with Gasteiger partial charge >= 0.3 is 6.18 Å². The van der Waals surface area contributed by atoms with Gasteiger partial charge in [-0.25, -0.2) is 4.39 Å². The van der Waals surface area contributed by atoms with E-state index in [0.717, 1.165) is 12.1 Å². The van der Waals surface area contributed by atoms with Gasteiger partial charge in [0.25, 0.3) is 0 Å². The summed E-state index contributed by atoms with van der Waals surface area (Å²) in [4.78, 5) is 0. The summed E-state index contributed by atoms with van der Waals surface area (Å²) in [5.41, 5.74) is 4.88. The molecule has 2 N–H and O–H groups in total. The van der Waals surface area contributed by atoms with E-state index in [2.05, 4.69) is 0 Å². The van der Waals surface area contributed by atoms with E-state index in [1.165, 1.54) is 0 Å². The van der Waals surface area contributed by atoms with Crippen molar-refractivity contribution in [1.82, 2.24) is 0 Å². The first-order valence-corrected chi connectivity index (χ1v) is 5.34. The molecule has 0 aliphatic rings. The van der Waals surface area contributed by atoms with Crippen molar-refractivity contribution in [2.24, 2.45) is 11.7 Å². The van der Waals surface area contributed by atoms with Crippen LogP contribution in [-0.4, -0.2) is 0 Å². The second kappa shape index (κ2) is 5.04. The molecule has 0 aliphatic carbocycles. The minimum Gasteiger partial charge on any atom is -0.324 e. The van der Waals surface area contributed by atoms with E-state index in [0.29, 0.717) is 12.5 Å². The Morgan fingerprint density at radius 2 is 1.82 bits per heavy atom. The number of benzene rings is 1. The van der Waals surface area contributed by atoms with Crippen LogP contribution >= 0.6 is 0 Å². The predicted octanol–water partition coefficient (Wildman–Crippen LogP) is 3.89. The molecule has 0 aliphatic heterocycles. The molecule has 0 amide bonds. The van der Waals surface area contributed by atoms with E-state index < -0.39 is 23.6 Å². The monoisotopic (exact) mass is 249 g/mol. The van der Waals surface area contributed by atoms with E-state index >= 15 is 0 Å². The smallest absolute Gasteiger partial charge is 0.324 e. The molecule has 1 atom stereocenters. The molecular weight excluding hydrogens is 234 g/mol. The molecule has 0 aromatic heterocycles. The number of halogens is 4. The molecule has 0 heterocycles. The summed E-state index contributed by atoms with van der Waals surface area (Å²) in [5, 5.41) is 0. The van der Waals surface area contributed by atoms with Gasteiger partial charge in [-0.3, -0.25) is 0 Å². The molecule has 0 saturated heterocycles. The van der Waals surface area contributed by atoms with Crippen LogP contribution in [0.1, 0.15) is 37.4 Å². The summed E-state index contributed by atoms with van der Waals surface area (Å²) >= 11 is 0. The lowest BCUT2D eigenvalue weighted by molar-refractivity contribution is -0.137. The first-order chi connectivity index (χ1) is 7.71. The highest BCUT2D eigenvalue weighted by Gasteiger charge is 2.31. The van der Waals surface area contributed by atoms with Crippen LogP contribution in [0.2, 0.25) is 0 Å². The number of nitrogens with two attached hydrogens (primary N) is 1. The molecule has 5 heteroatoms. The fourth-order valence-corrected chi connectivity index (χ4v) is 1.64. The number of alkyl halides is 3. The third-order valence-corrected chi connectivity index (χ3v) is 2.45. The zero-order chi connectivity index (χ0) is 13.2. The summed E-state index contributed by atoms with van der Waals surface area (Å²) in [6.07, 6.45) is -4.00. The largest absolute Gasteiger partial charge is 0.416 e. The molecule has 1 aromatic rings. The van der Waals surface area contributed by atoms with Gasteiger partial charge in [0.1, 0.15) is 5.82 Å². The van der Waals surface area contributed by atoms with E-state index in [1.54, 1.807) is 0 Å². The van der Waals surface area contributed by atoms with Crippen molar-refractivity contribution in [3.63, 3.8) is 0 Å². The van der Waals surface area contributed by atoms with Gasteiger partial charge in [-0.15, -0.1) is 0 Å². The minimum atomic E-state index is -4.53. The summed E-state index contributed by atoms with van der Waals surface area (Å²) in [6.45, 7) is 3.84. The van der Waals surface area contributed by atoms with Crippen molar-refractivity contribution in [2.45, 2.75) is 32.5 Å². The fraction of sp³-hybridized carbons (Fsp3) is 0.500. The second-order valence-corrected chi connectivity index (χ2v) is 4.47. The first-order valence-electron chi connectivity index (χ1n) is 5.34. The van der Waals surface area contributed by atoms with Gasteiger partial charge in [0.05, 0.1) is 5.56 Å². The molecule has 0 spiro atoms. The van der Waals surface area contributed by atoms with Crippen LogP contribution in [-0.2, 0) is 6.18 Å². The zero-order valence-electron chi connectivity index (χ0n) is 9.68. The summed E-state index contributed by atoms with van der Waals surface area (Å²) in [6, 6.07) is 1.90. The molecule has 17 heavy (non-hydrogen) atoms. The molecule has 0 fully saturated rings. The highest BCUT2D eigenvalue weighted by atomic mass is 19.4. The SMILES string of the molecule is CC(C)C[C@H](N)c1ccc(C(F)(F)F)cc1F. The molecule has 0 unspecified atom stereocenters. The average molecular weight is 249 g/mol. The zero-order valence-corrected chi connectivity index (χ0v) is 9.68. The normalized spacial score (nSPS) is 14.1. The van der Waals surface area contributed by atoms with Gasteiger partial charge in [-0.05, 0) is 24.5 Å². The minimum absolute atomic E-state index is 0.131. The van der Waals surface area contributed by atoms with Crippen LogP contribution < -0.4 is 5.73 Å². The van der Waals surface area contributed by atoms with Gasteiger partial charge < -0.3 is 5.73 Å². The molecule has 96 valence electrons. The maximum Gasteiger partial charge on any atom is 0.416 e. The Kier molecular flexibility index (Phi) is 4.14. The highest BCUT2D eigenvalue weighted by molar-refractivity contribution is 5.28. The maximum atomic E-state index is 13.5. The lowest BCUT2D eigenvalue weighted by atomic mass is 9.96. The van der Waals surface area contributed by atoms with Crippen LogP contribution in [0.4, 0.5) is 17.6 Å². The number of hydrogen-bond donors (Lipinski definition) is 1. The molecule has 0 bridgehead atoms. The Morgan fingerprint density at radius 1 is 1.24 bits per heavy atom. The quantitative estimate of drug-likeness (QED) is 0.808. The van der Waals surface area contributed by atoms with Crippen molar-refractivity contribution in [2.75, 3.05) is 0 Å². The summed E-state index contributed by atoms with van der Waals surface area (Å²) in [5.74, 6) is -0.639. The molecule has 1 aromatic carbocycles. The Hall–Kier alpha value is -1.10. The molecule has 0 radical (unpaired) electrons.